The predicted octanol–water partition coefficient (Wildman–Crippen LogP) is 4.47. The zero-order chi connectivity index (χ0) is 13.1. The third kappa shape index (κ3) is 3.22. The first-order valence-electron chi connectivity index (χ1n) is 5.15. The van der Waals surface area contributed by atoms with Gasteiger partial charge in [0.1, 0.15) is 5.69 Å². The molecule has 1 aromatic carbocycles. The zero-order valence-corrected chi connectivity index (χ0v) is 11.4. The third-order valence-corrected chi connectivity index (χ3v) is 3.06. The van der Waals surface area contributed by atoms with Gasteiger partial charge in [0.05, 0.1) is 10.0 Å². The maximum atomic E-state index is 12.0. The van der Waals surface area contributed by atoms with E-state index >= 15 is 0 Å². The molecule has 18 heavy (non-hydrogen) atoms. The fraction of sp³-hybridized carbons (Fsp3) is 0.0769. The van der Waals surface area contributed by atoms with E-state index in [1.54, 1.807) is 18.2 Å². The lowest BCUT2D eigenvalue weighted by atomic mass is 10.1. The Morgan fingerprint density at radius 1 is 1.11 bits per heavy atom. The molecule has 0 unspecified atom stereocenters. The van der Waals surface area contributed by atoms with Gasteiger partial charge in [0.2, 0.25) is 0 Å². The van der Waals surface area contributed by atoms with E-state index in [0.717, 1.165) is 5.56 Å². The number of Topliss-reactive ketones (excluding diaryl/α,β-unsaturated/α-hetero) is 1. The molecule has 0 N–H and O–H groups in total. The Hall–Kier alpha value is -1.09. The van der Waals surface area contributed by atoms with Gasteiger partial charge in [0, 0.05) is 17.6 Å². The van der Waals surface area contributed by atoms with Gasteiger partial charge in [-0.2, -0.15) is 0 Å². The van der Waals surface area contributed by atoms with Crippen LogP contribution >= 0.6 is 34.8 Å². The van der Waals surface area contributed by atoms with Crippen molar-refractivity contribution in [1.82, 2.24) is 4.98 Å². The number of carbonyl (C=O) groups is 1. The van der Waals surface area contributed by atoms with E-state index in [4.69, 9.17) is 34.8 Å². The van der Waals surface area contributed by atoms with Gasteiger partial charge in [-0.05, 0) is 23.8 Å². The molecule has 0 amide bonds. The fourth-order valence-corrected chi connectivity index (χ4v) is 2.23. The highest BCUT2D eigenvalue weighted by molar-refractivity contribution is 6.36. The van der Waals surface area contributed by atoms with E-state index in [-0.39, 0.29) is 22.9 Å². The van der Waals surface area contributed by atoms with Crippen molar-refractivity contribution in [3.05, 3.63) is 62.9 Å². The molecular formula is C13H8Cl3NO. The van der Waals surface area contributed by atoms with Gasteiger partial charge in [-0.25, -0.2) is 4.98 Å². The number of benzene rings is 1. The third-order valence-electron chi connectivity index (χ3n) is 2.33. The number of rotatable bonds is 3. The maximum absolute atomic E-state index is 12.0. The fourth-order valence-electron chi connectivity index (χ4n) is 1.54. The number of nitrogens with zero attached hydrogens (tertiary/aromatic N) is 1. The average Bonchev–Trinajstić information content (AvgIpc) is 2.28. The Bertz CT molecular complexity index is 599. The van der Waals surface area contributed by atoms with Crippen LogP contribution < -0.4 is 0 Å². The molecule has 0 aliphatic heterocycles. The lowest BCUT2D eigenvalue weighted by Crippen LogP contribution is -2.06. The van der Waals surface area contributed by atoms with Gasteiger partial charge < -0.3 is 0 Å². The van der Waals surface area contributed by atoms with Crippen LogP contribution in [0, 0.1) is 0 Å². The molecule has 0 bridgehead atoms. The number of hydrogen-bond donors (Lipinski definition) is 0. The molecule has 2 aromatic rings. The number of hydrogen-bond acceptors (Lipinski definition) is 2. The standard InChI is InChI=1S/C13H8Cl3NO/c14-9-3-1-2-8(4-9)5-12(18)13-11(16)6-10(15)7-17-13/h1-4,6-7H,5H2. The van der Waals surface area contributed by atoms with Gasteiger partial charge >= 0.3 is 0 Å². The Morgan fingerprint density at radius 3 is 2.56 bits per heavy atom. The van der Waals surface area contributed by atoms with Crippen molar-refractivity contribution in [2.45, 2.75) is 6.42 Å². The van der Waals surface area contributed by atoms with E-state index in [9.17, 15) is 4.79 Å². The molecule has 0 spiro atoms. The summed E-state index contributed by atoms with van der Waals surface area (Å²) in [5.41, 5.74) is 1.04. The first-order valence-corrected chi connectivity index (χ1v) is 6.28. The quantitative estimate of drug-likeness (QED) is 0.783. The molecule has 0 atom stereocenters. The van der Waals surface area contributed by atoms with Crippen LogP contribution in [0.15, 0.2) is 36.5 Å². The lowest BCUT2D eigenvalue weighted by molar-refractivity contribution is 0.0988. The van der Waals surface area contributed by atoms with Crippen molar-refractivity contribution in [3.63, 3.8) is 0 Å². The van der Waals surface area contributed by atoms with Crippen molar-refractivity contribution in [2.75, 3.05) is 0 Å². The minimum absolute atomic E-state index is 0.168. The Morgan fingerprint density at radius 2 is 1.89 bits per heavy atom. The molecular weight excluding hydrogens is 293 g/mol. The van der Waals surface area contributed by atoms with Gasteiger partial charge in [-0.3, -0.25) is 4.79 Å². The summed E-state index contributed by atoms with van der Waals surface area (Å²) in [5, 5.41) is 1.25. The van der Waals surface area contributed by atoms with Crippen molar-refractivity contribution >= 4 is 40.6 Å². The molecule has 0 aliphatic carbocycles. The topological polar surface area (TPSA) is 30.0 Å². The first kappa shape index (κ1) is 13.3. The van der Waals surface area contributed by atoms with Crippen molar-refractivity contribution in [2.24, 2.45) is 0 Å². The number of ketones is 1. The molecule has 1 aromatic heterocycles. The summed E-state index contributed by atoms with van der Waals surface area (Å²) in [5.74, 6) is -0.168. The number of pyridine rings is 1. The first-order chi connectivity index (χ1) is 8.56. The SMILES string of the molecule is O=C(Cc1cccc(Cl)c1)c1ncc(Cl)cc1Cl. The van der Waals surface area contributed by atoms with E-state index in [2.05, 4.69) is 4.98 Å². The van der Waals surface area contributed by atoms with Crippen LogP contribution in [0.25, 0.3) is 0 Å². The van der Waals surface area contributed by atoms with E-state index < -0.39 is 0 Å². The van der Waals surface area contributed by atoms with E-state index in [1.165, 1.54) is 12.3 Å². The molecule has 0 saturated heterocycles. The monoisotopic (exact) mass is 299 g/mol. The molecule has 0 radical (unpaired) electrons. The minimum Gasteiger partial charge on any atom is -0.292 e. The second-order valence-electron chi connectivity index (χ2n) is 3.71. The summed E-state index contributed by atoms with van der Waals surface area (Å²) in [7, 11) is 0. The van der Waals surface area contributed by atoms with E-state index in [1.807, 2.05) is 6.07 Å². The smallest absolute Gasteiger partial charge is 0.187 e. The van der Waals surface area contributed by atoms with Crippen molar-refractivity contribution < 1.29 is 4.79 Å². The number of aromatic nitrogens is 1. The normalized spacial score (nSPS) is 10.4. The summed E-state index contributed by atoms with van der Waals surface area (Å²) in [6.07, 6.45) is 1.60. The molecule has 0 saturated carbocycles. The molecule has 0 fully saturated rings. The minimum atomic E-state index is -0.168. The van der Waals surface area contributed by atoms with Gasteiger partial charge in [0.15, 0.2) is 5.78 Å². The van der Waals surface area contributed by atoms with Crippen LogP contribution in [0.1, 0.15) is 16.1 Å². The zero-order valence-electron chi connectivity index (χ0n) is 9.16. The Kier molecular flexibility index (Phi) is 4.23. The van der Waals surface area contributed by atoms with Crippen LogP contribution in [0.2, 0.25) is 15.1 Å². The lowest BCUT2D eigenvalue weighted by Gasteiger charge is -2.03. The van der Waals surface area contributed by atoms with E-state index in [0.29, 0.717) is 10.0 Å². The van der Waals surface area contributed by atoms with Gasteiger partial charge in [-0.15, -0.1) is 0 Å². The molecule has 0 aliphatic rings. The van der Waals surface area contributed by atoms with Crippen LogP contribution in [-0.4, -0.2) is 10.8 Å². The van der Waals surface area contributed by atoms with Crippen LogP contribution in [0.3, 0.4) is 0 Å². The largest absolute Gasteiger partial charge is 0.292 e. The summed E-state index contributed by atoms with van der Waals surface area (Å²) >= 11 is 17.5. The Labute approximate surface area is 120 Å². The van der Waals surface area contributed by atoms with Gasteiger partial charge in [-0.1, -0.05) is 46.9 Å². The maximum Gasteiger partial charge on any atom is 0.187 e. The second-order valence-corrected chi connectivity index (χ2v) is 4.99. The molecule has 92 valence electrons. The van der Waals surface area contributed by atoms with Gasteiger partial charge in [0.25, 0.3) is 0 Å². The second kappa shape index (κ2) is 5.70. The van der Waals surface area contributed by atoms with Crippen LogP contribution in [0.5, 0.6) is 0 Å². The highest BCUT2D eigenvalue weighted by Crippen LogP contribution is 2.20. The summed E-state index contributed by atoms with van der Waals surface area (Å²) in [6.45, 7) is 0. The molecule has 5 heteroatoms. The molecule has 1 heterocycles. The van der Waals surface area contributed by atoms with Crippen LogP contribution in [-0.2, 0) is 6.42 Å². The average molecular weight is 301 g/mol. The number of halogens is 3. The Balaban J connectivity index is 2.22. The number of carbonyl (C=O) groups excluding carboxylic acids is 1. The van der Waals surface area contributed by atoms with Crippen molar-refractivity contribution in [3.8, 4) is 0 Å². The van der Waals surface area contributed by atoms with Crippen molar-refractivity contribution in [1.29, 1.82) is 0 Å². The summed E-state index contributed by atoms with van der Waals surface area (Å²) in [4.78, 5) is 16.0. The predicted molar refractivity (Wildman–Crippen MR) is 73.7 cm³/mol. The van der Waals surface area contributed by atoms with Crippen LogP contribution in [0.4, 0.5) is 0 Å². The summed E-state index contributed by atoms with van der Waals surface area (Å²) in [6, 6.07) is 8.61. The molecule has 2 nitrogen and oxygen atoms in total. The highest BCUT2D eigenvalue weighted by Gasteiger charge is 2.13. The molecule has 2 rings (SSSR count). The summed E-state index contributed by atoms with van der Waals surface area (Å²) < 4.78 is 0. The highest BCUT2D eigenvalue weighted by atomic mass is 35.5.